The van der Waals surface area contributed by atoms with Crippen LogP contribution < -0.4 is 5.32 Å². The van der Waals surface area contributed by atoms with Crippen LogP contribution in [0.5, 0.6) is 0 Å². The first-order valence-electron chi connectivity index (χ1n) is 3.28. The quantitative estimate of drug-likeness (QED) is 0.587. The average molecular weight is 163 g/mol. The molecule has 11 heavy (non-hydrogen) atoms. The zero-order chi connectivity index (χ0) is 8.48. The molecule has 0 radical (unpaired) electrons. The fourth-order valence-corrected chi connectivity index (χ4v) is 0.992. The van der Waals surface area contributed by atoms with Gasteiger partial charge in [0.2, 0.25) is 0 Å². The highest BCUT2D eigenvalue weighted by Crippen LogP contribution is 2.22. The summed E-state index contributed by atoms with van der Waals surface area (Å²) < 4.78 is 18.0. The van der Waals surface area contributed by atoms with Gasteiger partial charge in [0.15, 0.2) is 5.67 Å². The van der Waals surface area contributed by atoms with Gasteiger partial charge in [-0.15, -0.1) is 0 Å². The van der Waals surface area contributed by atoms with Gasteiger partial charge in [0.25, 0.3) is 0 Å². The number of hydrogen-bond donors (Lipinski definition) is 2. The van der Waals surface area contributed by atoms with E-state index in [0.717, 1.165) is 0 Å². The summed E-state index contributed by atoms with van der Waals surface area (Å²) in [5, 5.41) is 10.3. The van der Waals surface area contributed by atoms with Crippen molar-refractivity contribution in [3.63, 3.8) is 0 Å². The molecule has 2 N–H and O–H groups in total. The van der Waals surface area contributed by atoms with Gasteiger partial charge in [-0.3, -0.25) is 0 Å². The molecule has 5 heteroatoms. The van der Waals surface area contributed by atoms with Crippen LogP contribution in [0.3, 0.4) is 0 Å². The van der Waals surface area contributed by atoms with Gasteiger partial charge in [0, 0.05) is 0 Å². The number of nitrogens with one attached hydrogen (secondary N) is 1. The molecule has 4 nitrogen and oxygen atoms in total. The first kappa shape index (κ1) is 8.26. The van der Waals surface area contributed by atoms with Crippen LogP contribution in [0.15, 0.2) is 0 Å². The summed E-state index contributed by atoms with van der Waals surface area (Å²) in [4.78, 5) is 10.1. The molecule has 2 unspecified atom stereocenters. The number of amides is 1. The number of halogens is 1. The Morgan fingerprint density at radius 2 is 2.55 bits per heavy atom. The Kier molecular flexibility index (Phi) is 1.99. The fraction of sp³-hybridized carbons (Fsp3) is 0.833. The van der Waals surface area contributed by atoms with Crippen molar-refractivity contribution in [2.75, 3.05) is 13.2 Å². The molecule has 1 rings (SSSR count). The van der Waals surface area contributed by atoms with Gasteiger partial charge in [0.1, 0.15) is 0 Å². The van der Waals surface area contributed by atoms with E-state index >= 15 is 0 Å². The smallest absolute Gasteiger partial charge is 0.405 e. The van der Waals surface area contributed by atoms with Crippen molar-refractivity contribution in [2.45, 2.75) is 18.6 Å². The third-order valence-electron chi connectivity index (χ3n) is 1.69. The van der Waals surface area contributed by atoms with E-state index in [1.165, 1.54) is 6.92 Å². The molecule has 0 spiro atoms. The Bertz CT molecular complexity index is 171. The normalized spacial score (nSPS) is 37.1. The van der Waals surface area contributed by atoms with Gasteiger partial charge in [-0.2, -0.15) is 0 Å². The summed E-state index contributed by atoms with van der Waals surface area (Å²) in [6, 6.07) is -0.736. The van der Waals surface area contributed by atoms with Crippen molar-refractivity contribution in [3.8, 4) is 0 Å². The van der Waals surface area contributed by atoms with Gasteiger partial charge in [-0.05, 0) is 6.92 Å². The molecule has 0 aromatic heterocycles. The van der Waals surface area contributed by atoms with Gasteiger partial charge in [-0.25, -0.2) is 9.18 Å². The van der Waals surface area contributed by atoms with E-state index in [1.807, 2.05) is 5.32 Å². The fourth-order valence-electron chi connectivity index (χ4n) is 0.992. The Morgan fingerprint density at radius 1 is 1.91 bits per heavy atom. The van der Waals surface area contributed by atoms with Crippen LogP contribution in [0, 0.1) is 0 Å². The van der Waals surface area contributed by atoms with Crippen LogP contribution in [-0.4, -0.2) is 36.1 Å². The minimum absolute atomic E-state index is 0.0437. The van der Waals surface area contributed by atoms with Crippen molar-refractivity contribution in [3.05, 3.63) is 0 Å². The van der Waals surface area contributed by atoms with Crippen molar-refractivity contribution < 1.29 is 19.0 Å². The molecule has 0 saturated carbocycles. The van der Waals surface area contributed by atoms with Crippen LogP contribution in [-0.2, 0) is 4.74 Å². The van der Waals surface area contributed by atoms with Crippen molar-refractivity contribution in [1.29, 1.82) is 0 Å². The lowest BCUT2D eigenvalue weighted by Gasteiger charge is -2.19. The monoisotopic (exact) mass is 163 g/mol. The summed E-state index contributed by atoms with van der Waals surface area (Å²) in [6.45, 7) is 1.39. The van der Waals surface area contributed by atoms with Crippen molar-refractivity contribution in [1.82, 2.24) is 5.32 Å². The summed E-state index contributed by atoms with van der Waals surface area (Å²) in [7, 11) is 0. The van der Waals surface area contributed by atoms with Gasteiger partial charge >= 0.3 is 6.09 Å². The second kappa shape index (κ2) is 2.65. The first-order chi connectivity index (χ1) is 5.02. The highest BCUT2D eigenvalue weighted by Gasteiger charge is 2.41. The molecule has 1 fully saturated rings. The van der Waals surface area contributed by atoms with Crippen LogP contribution in [0.4, 0.5) is 9.18 Å². The maximum atomic E-state index is 13.2. The number of ether oxygens (including phenoxy) is 1. The maximum absolute atomic E-state index is 13.2. The molecule has 0 bridgehead atoms. The van der Waals surface area contributed by atoms with E-state index in [1.54, 1.807) is 0 Å². The molecule has 0 aromatic rings. The molecule has 2 atom stereocenters. The summed E-state index contributed by atoms with van der Waals surface area (Å²) in [6.07, 6.45) is -1.22. The predicted octanol–water partition coefficient (Wildman–Crippen LogP) is 0.381. The number of carbonyl (C=O) groups is 1. The third-order valence-corrected chi connectivity index (χ3v) is 1.69. The van der Waals surface area contributed by atoms with E-state index < -0.39 is 17.8 Å². The van der Waals surface area contributed by atoms with Gasteiger partial charge in [-0.1, -0.05) is 0 Å². The third kappa shape index (κ3) is 1.80. The zero-order valence-corrected chi connectivity index (χ0v) is 6.13. The Morgan fingerprint density at radius 3 is 2.91 bits per heavy atom. The number of alkyl halides is 1. The molecule has 1 heterocycles. The highest BCUT2D eigenvalue weighted by atomic mass is 19.1. The van der Waals surface area contributed by atoms with Crippen molar-refractivity contribution in [2.24, 2.45) is 0 Å². The predicted molar refractivity (Wildman–Crippen MR) is 35.3 cm³/mol. The molecule has 1 saturated heterocycles. The summed E-state index contributed by atoms with van der Waals surface area (Å²) >= 11 is 0. The lowest BCUT2D eigenvalue weighted by atomic mass is 10.0. The average Bonchev–Trinajstić information content (AvgIpc) is 2.10. The minimum atomic E-state index is -1.57. The molecule has 1 aliphatic rings. The van der Waals surface area contributed by atoms with Crippen LogP contribution in [0.1, 0.15) is 6.92 Å². The standard InChI is InChI=1S/C6H10FNO3/c1-6(7)3-11-2-4(6)8-5(9)10/h4,8H,2-3H2,1H3,(H,9,10). The van der Waals surface area contributed by atoms with E-state index in [-0.39, 0.29) is 13.2 Å². The number of hydrogen-bond acceptors (Lipinski definition) is 2. The molecule has 0 aromatic carbocycles. The second-order valence-electron chi connectivity index (χ2n) is 2.80. The topological polar surface area (TPSA) is 58.6 Å². The van der Waals surface area contributed by atoms with Crippen LogP contribution in [0.25, 0.3) is 0 Å². The Hall–Kier alpha value is -0.840. The lowest BCUT2D eigenvalue weighted by molar-refractivity contribution is 0.119. The SMILES string of the molecule is CC1(F)COCC1NC(=O)O. The van der Waals surface area contributed by atoms with E-state index in [9.17, 15) is 9.18 Å². The lowest BCUT2D eigenvalue weighted by Crippen LogP contribution is -2.46. The number of rotatable bonds is 1. The largest absolute Gasteiger partial charge is 0.465 e. The summed E-state index contributed by atoms with van der Waals surface area (Å²) in [5.74, 6) is 0. The summed E-state index contributed by atoms with van der Waals surface area (Å²) in [5.41, 5.74) is -1.57. The number of carboxylic acid groups (broad SMARTS) is 1. The molecule has 1 amide bonds. The molecular formula is C6H10FNO3. The second-order valence-corrected chi connectivity index (χ2v) is 2.80. The van der Waals surface area contributed by atoms with Crippen molar-refractivity contribution >= 4 is 6.09 Å². The molecule has 0 aliphatic carbocycles. The zero-order valence-electron chi connectivity index (χ0n) is 6.13. The first-order valence-corrected chi connectivity index (χ1v) is 3.28. The van der Waals surface area contributed by atoms with Gasteiger partial charge in [0.05, 0.1) is 19.3 Å². The van der Waals surface area contributed by atoms with E-state index in [4.69, 9.17) is 9.84 Å². The Balaban J connectivity index is 2.51. The Labute approximate surface area is 63.3 Å². The molecular weight excluding hydrogens is 153 g/mol. The molecule has 1 aliphatic heterocycles. The molecule has 64 valence electrons. The highest BCUT2D eigenvalue weighted by molar-refractivity contribution is 5.65. The minimum Gasteiger partial charge on any atom is -0.465 e. The maximum Gasteiger partial charge on any atom is 0.405 e. The van der Waals surface area contributed by atoms with Crippen LogP contribution >= 0.6 is 0 Å². The van der Waals surface area contributed by atoms with Crippen LogP contribution in [0.2, 0.25) is 0 Å². The van der Waals surface area contributed by atoms with Gasteiger partial charge < -0.3 is 15.2 Å². The van der Waals surface area contributed by atoms with E-state index in [0.29, 0.717) is 0 Å². The van der Waals surface area contributed by atoms with E-state index in [2.05, 4.69) is 0 Å².